The smallest absolute Gasteiger partial charge is 0.264 e. The van der Waals surface area contributed by atoms with Crippen LogP contribution < -0.4 is 19.2 Å². The summed E-state index contributed by atoms with van der Waals surface area (Å²) in [5.74, 6) is -0.0571. The van der Waals surface area contributed by atoms with Crippen LogP contribution in [-0.4, -0.2) is 41.3 Å². The number of hydrazone groups is 1. The lowest BCUT2D eigenvalue weighted by molar-refractivity contribution is -0.119. The van der Waals surface area contributed by atoms with Gasteiger partial charge in [0.25, 0.3) is 15.9 Å². The third-order valence-corrected chi connectivity index (χ3v) is 7.24. The highest BCUT2D eigenvalue weighted by molar-refractivity contribution is 7.92. The van der Waals surface area contributed by atoms with Crippen molar-refractivity contribution in [3.63, 3.8) is 0 Å². The van der Waals surface area contributed by atoms with E-state index in [2.05, 4.69) is 10.5 Å². The highest BCUT2D eigenvalue weighted by Crippen LogP contribution is 2.35. The van der Waals surface area contributed by atoms with Crippen molar-refractivity contribution in [2.24, 2.45) is 5.10 Å². The Balaban J connectivity index is 1.95. The fourth-order valence-electron chi connectivity index (χ4n) is 3.07. The Labute approximate surface area is 214 Å². The zero-order valence-electron chi connectivity index (χ0n) is 19.2. The van der Waals surface area contributed by atoms with E-state index in [1.54, 1.807) is 36.4 Å². The van der Waals surface area contributed by atoms with E-state index in [-0.39, 0.29) is 16.3 Å². The van der Waals surface area contributed by atoms with E-state index in [0.717, 1.165) is 9.87 Å². The van der Waals surface area contributed by atoms with E-state index in [0.29, 0.717) is 21.4 Å². The molecule has 0 aliphatic carbocycles. The first-order valence-corrected chi connectivity index (χ1v) is 12.4. The van der Waals surface area contributed by atoms with Crippen molar-refractivity contribution in [1.29, 1.82) is 0 Å². The highest BCUT2D eigenvalue weighted by Gasteiger charge is 2.30. The molecule has 0 bridgehead atoms. The third kappa shape index (κ3) is 6.45. The summed E-state index contributed by atoms with van der Waals surface area (Å²) in [5, 5.41) is 4.70. The van der Waals surface area contributed by atoms with Gasteiger partial charge in [0.05, 0.1) is 36.0 Å². The first kappa shape index (κ1) is 26.3. The van der Waals surface area contributed by atoms with Crippen molar-refractivity contribution in [2.45, 2.75) is 11.8 Å². The van der Waals surface area contributed by atoms with Gasteiger partial charge in [0, 0.05) is 16.7 Å². The standard InChI is InChI=1S/C24H23Cl2N3O5S/c1-16-4-9-20(10-5-16)35(31,32)29(22-13-19(33-2)8-11-23(22)34-3)15-24(30)28-27-14-17-6-7-18(25)12-21(17)26/h4-14H,15H2,1-3H3,(H,28,30)/b27-14-. The molecule has 3 aromatic rings. The minimum absolute atomic E-state index is 0.0113. The van der Waals surface area contributed by atoms with Crippen LogP contribution >= 0.6 is 23.2 Å². The molecule has 0 fully saturated rings. The lowest BCUT2D eigenvalue weighted by Gasteiger charge is -2.25. The SMILES string of the molecule is COc1ccc(OC)c(N(CC(=O)N/N=C\c2ccc(Cl)cc2Cl)S(=O)(=O)c2ccc(C)cc2)c1. The number of hydrogen-bond donors (Lipinski definition) is 1. The Hall–Kier alpha value is -3.27. The molecule has 0 unspecified atom stereocenters. The van der Waals surface area contributed by atoms with Gasteiger partial charge in [-0.3, -0.25) is 9.10 Å². The molecule has 0 atom stereocenters. The largest absolute Gasteiger partial charge is 0.497 e. The summed E-state index contributed by atoms with van der Waals surface area (Å²) in [5.41, 5.74) is 3.88. The molecular weight excluding hydrogens is 513 g/mol. The van der Waals surface area contributed by atoms with Crippen molar-refractivity contribution >= 4 is 51.0 Å². The van der Waals surface area contributed by atoms with E-state index in [1.165, 1.54) is 44.7 Å². The molecule has 0 spiro atoms. The van der Waals surface area contributed by atoms with Gasteiger partial charge in [0.2, 0.25) is 0 Å². The van der Waals surface area contributed by atoms with Crippen LogP contribution in [0.25, 0.3) is 0 Å². The molecular formula is C24H23Cl2N3O5S. The fraction of sp³-hybridized carbons (Fsp3) is 0.167. The number of rotatable bonds is 9. The number of carbonyl (C=O) groups is 1. The van der Waals surface area contributed by atoms with Gasteiger partial charge in [-0.05, 0) is 43.3 Å². The number of hydrogen-bond acceptors (Lipinski definition) is 6. The molecule has 0 aliphatic rings. The van der Waals surface area contributed by atoms with Gasteiger partial charge in [-0.2, -0.15) is 5.10 Å². The van der Waals surface area contributed by atoms with Crippen LogP contribution in [-0.2, 0) is 14.8 Å². The van der Waals surface area contributed by atoms with E-state index in [1.807, 2.05) is 6.92 Å². The normalized spacial score (nSPS) is 11.3. The number of halogens is 2. The summed E-state index contributed by atoms with van der Waals surface area (Å²) in [6.07, 6.45) is 1.33. The second-order valence-corrected chi connectivity index (χ2v) is 10.0. The number of aryl methyl sites for hydroxylation is 1. The molecule has 35 heavy (non-hydrogen) atoms. The molecule has 184 valence electrons. The molecule has 0 aliphatic heterocycles. The Morgan fingerprint density at radius 1 is 1.03 bits per heavy atom. The topological polar surface area (TPSA) is 97.3 Å². The van der Waals surface area contributed by atoms with Gasteiger partial charge in [0.15, 0.2) is 0 Å². The highest BCUT2D eigenvalue weighted by atomic mass is 35.5. The quantitative estimate of drug-likeness (QED) is 0.317. The zero-order valence-corrected chi connectivity index (χ0v) is 21.5. The number of methoxy groups -OCH3 is 2. The van der Waals surface area contributed by atoms with Crippen molar-refractivity contribution in [2.75, 3.05) is 25.1 Å². The zero-order chi connectivity index (χ0) is 25.6. The summed E-state index contributed by atoms with van der Waals surface area (Å²) in [7, 11) is -1.31. The second-order valence-electron chi connectivity index (χ2n) is 7.32. The maximum atomic E-state index is 13.6. The molecule has 0 saturated heterocycles. The van der Waals surface area contributed by atoms with Gasteiger partial charge in [0.1, 0.15) is 18.0 Å². The van der Waals surface area contributed by atoms with Gasteiger partial charge >= 0.3 is 0 Å². The lowest BCUT2D eigenvalue weighted by atomic mass is 10.2. The number of carbonyl (C=O) groups excluding carboxylic acids is 1. The average Bonchev–Trinajstić information content (AvgIpc) is 2.83. The Morgan fingerprint density at radius 3 is 2.37 bits per heavy atom. The van der Waals surface area contributed by atoms with Gasteiger partial charge in [-0.25, -0.2) is 13.8 Å². The van der Waals surface area contributed by atoms with E-state index in [4.69, 9.17) is 32.7 Å². The van der Waals surface area contributed by atoms with Gasteiger partial charge in [-0.15, -0.1) is 0 Å². The first-order valence-electron chi connectivity index (χ1n) is 10.2. The molecule has 8 nitrogen and oxygen atoms in total. The van der Waals surface area contributed by atoms with Crippen molar-refractivity contribution in [3.05, 3.63) is 81.8 Å². The van der Waals surface area contributed by atoms with Crippen LogP contribution in [0, 0.1) is 6.92 Å². The maximum absolute atomic E-state index is 13.6. The molecule has 11 heteroatoms. The molecule has 3 aromatic carbocycles. The summed E-state index contributed by atoms with van der Waals surface area (Å²) in [6.45, 7) is 1.27. The van der Waals surface area contributed by atoms with Crippen molar-refractivity contribution in [1.82, 2.24) is 5.43 Å². The Kier molecular flexibility index (Phi) is 8.61. The number of anilines is 1. The number of nitrogens with zero attached hydrogens (tertiary/aromatic N) is 2. The minimum Gasteiger partial charge on any atom is -0.497 e. The fourth-order valence-corrected chi connectivity index (χ4v) is 4.96. The van der Waals surface area contributed by atoms with E-state index < -0.39 is 22.5 Å². The Bertz CT molecular complexity index is 1350. The number of ether oxygens (including phenoxy) is 2. The summed E-state index contributed by atoms with van der Waals surface area (Å²) in [4.78, 5) is 12.8. The number of benzene rings is 3. The van der Waals surface area contributed by atoms with Crippen molar-refractivity contribution in [3.8, 4) is 11.5 Å². The van der Waals surface area contributed by atoms with Gasteiger partial charge in [-0.1, -0.05) is 47.0 Å². The van der Waals surface area contributed by atoms with E-state index >= 15 is 0 Å². The first-order chi connectivity index (χ1) is 16.6. The minimum atomic E-state index is -4.16. The predicted octanol–water partition coefficient (Wildman–Crippen LogP) is 4.66. The summed E-state index contributed by atoms with van der Waals surface area (Å²) < 4.78 is 38.8. The molecule has 3 rings (SSSR count). The van der Waals surface area contributed by atoms with Crippen LogP contribution in [0.1, 0.15) is 11.1 Å². The van der Waals surface area contributed by atoms with Crippen LogP contribution in [0.5, 0.6) is 11.5 Å². The summed E-state index contributed by atoms with van der Waals surface area (Å²) in [6, 6.07) is 15.8. The van der Waals surface area contributed by atoms with Crippen LogP contribution in [0.3, 0.4) is 0 Å². The number of nitrogens with one attached hydrogen (secondary N) is 1. The lowest BCUT2D eigenvalue weighted by Crippen LogP contribution is -2.39. The summed E-state index contributed by atoms with van der Waals surface area (Å²) >= 11 is 12.0. The van der Waals surface area contributed by atoms with Crippen LogP contribution in [0.15, 0.2) is 70.7 Å². The van der Waals surface area contributed by atoms with Crippen LogP contribution in [0.4, 0.5) is 5.69 Å². The Morgan fingerprint density at radius 2 is 1.74 bits per heavy atom. The van der Waals surface area contributed by atoms with Crippen LogP contribution in [0.2, 0.25) is 10.0 Å². The maximum Gasteiger partial charge on any atom is 0.264 e. The monoisotopic (exact) mass is 535 g/mol. The number of amides is 1. The molecule has 1 amide bonds. The third-order valence-electron chi connectivity index (χ3n) is 4.91. The van der Waals surface area contributed by atoms with E-state index in [9.17, 15) is 13.2 Å². The molecule has 1 N–H and O–H groups in total. The molecule has 0 radical (unpaired) electrons. The molecule has 0 saturated carbocycles. The predicted molar refractivity (Wildman–Crippen MR) is 137 cm³/mol. The average molecular weight is 536 g/mol. The van der Waals surface area contributed by atoms with Crippen molar-refractivity contribution < 1.29 is 22.7 Å². The second kappa shape index (κ2) is 11.4. The number of sulfonamides is 1. The molecule has 0 aromatic heterocycles. The van der Waals surface area contributed by atoms with Gasteiger partial charge < -0.3 is 9.47 Å². The molecule has 0 heterocycles.